The van der Waals surface area contributed by atoms with E-state index in [1.165, 1.54) is 11.8 Å². The van der Waals surface area contributed by atoms with Gasteiger partial charge in [0.2, 0.25) is 0 Å². The molecule has 0 spiro atoms. The number of hydrogen-bond donors (Lipinski definition) is 0. The molecule has 3 heterocycles. The van der Waals surface area contributed by atoms with Crippen LogP contribution in [-0.4, -0.2) is 41.3 Å². The standard InChI is InChI=1S/C20H18Cl2N2O3S/c1-11-9-24(10-12(2)26-11)20-23-19(25)17(28-20)8-13-6-7-16(27-13)14-4-3-5-15(21)18(14)22/h3-8,11-12H,9-10H2,1-2H3/b17-8+. The molecular formula is C20H18Cl2N2O3S. The normalized spacial score (nSPS) is 24.1. The van der Waals surface area contributed by atoms with Gasteiger partial charge in [0.1, 0.15) is 11.5 Å². The molecular weight excluding hydrogens is 419 g/mol. The fourth-order valence-corrected chi connectivity index (χ4v) is 4.57. The van der Waals surface area contributed by atoms with Crippen LogP contribution >= 0.6 is 35.0 Å². The highest BCUT2D eigenvalue weighted by molar-refractivity contribution is 8.18. The van der Waals surface area contributed by atoms with Gasteiger partial charge in [0.15, 0.2) is 5.17 Å². The van der Waals surface area contributed by atoms with Crippen LogP contribution in [0.5, 0.6) is 0 Å². The van der Waals surface area contributed by atoms with Gasteiger partial charge in [-0.3, -0.25) is 4.79 Å². The number of carbonyl (C=O) groups excluding carboxylic acids is 1. The van der Waals surface area contributed by atoms with E-state index in [1.54, 1.807) is 24.3 Å². The number of carbonyl (C=O) groups is 1. The maximum atomic E-state index is 12.4. The lowest BCUT2D eigenvalue weighted by atomic mass is 10.2. The van der Waals surface area contributed by atoms with E-state index in [0.29, 0.717) is 37.2 Å². The molecule has 2 aliphatic heterocycles. The Labute approximate surface area is 177 Å². The van der Waals surface area contributed by atoms with E-state index in [0.717, 1.165) is 13.1 Å². The van der Waals surface area contributed by atoms with Crippen LogP contribution in [0.2, 0.25) is 10.0 Å². The first-order valence-electron chi connectivity index (χ1n) is 8.88. The lowest BCUT2D eigenvalue weighted by Crippen LogP contribution is -2.47. The van der Waals surface area contributed by atoms with E-state index in [4.69, 9.17) is 32.4 Å². The van der Waals surface area contributed by atoms with Crippen LogP contribution in [0.1, 0.15) is 19.6 Å². The smallest absolute Gasteiger partial charge is 0.286 e. The predicted molar refractivity (Wildman–Crippen MR) is 114 cm³/mol. The number of furan rings is 1. The number of nitrogens with zero attached hydrogens (tertiary/aromatic N) is 2. The minimum Gasteiger partial charge on any atom is -0.457 e. The molecule has 2 aromatic rings. The number of amides is 1. The largest absolute Gasteiger partial charge is 0.457 e. The minimum atomic E-state index is -0.259. The molecule has 146 valence electrons. The molecule has 2 atom stereocenters. The van der Waals surface area contributed by atoms with E-state index in [1.807, 2.05) is 26.0 Å². The highest BCUT2D eigenvalue weighted by Crippen LogP contribution is 2.36. The second-order valence-corrected chi connectivity index (χ2v) is 8.57. The summed E-state index contributed by atoms with van der Waals surface area (Å²) >= 11 is 13.7. The lowest BCUT2D eigenvalue weighted by molar-refractivity contribution is -0.113. The van der Waals surface area contributed by atoms with Gasteiger partial charge in [0.05, 0.1) is 27.2 Å². The van der Waals surface area contributed by atoms with Crippen molar-refractivity contribution in [1.29, 1.82) is 0 Å². The van der Waals surface area contributed by atoms with E-state index >= 15 is 0 Å². The Morgan fingerprint density at radius 1 is 1.18 bits per heavy atom. The monoisotopic (exact) mass is 436 g/mol. The molecule has 1 aromatic carbocycles. The third-order valence-corrected chi connectivity index (χ3v) is 6.28. The van der Waals surface area contributed by atoms with Crippen molar-refractivity contribution >= 4 is 52.1 Å². The Morgan fingerprint density at radius 3 is 2.68 bits per heavy atom. The average Bonchev–Trinajstić information content (AvgIpc) is 3.24. The first-order chi connectivity index (χ1) is 13.4. The zero-order valence-corrected chi connectivity index (χ0v) is 17.6. The van der Waals surface area contributed by atoms with Crippen molar-refractivity contribution in [2.24, 2.45) is 4.99 Å². The van der Waals surface area contributed by atoms with E-state index in [2.05, 4.69) is 9.89 Å². The summed E-state index contributed by atoms with van der Waals surface area (Å²) in [5.41, 5.74) is 0.706. The van der Waals surface area contributed by atoms with Gasteiger partial charge >= 0.3 is 0 Å². The van der Waals surface area contributed by atoms with Gasteiger partial charge in [-0.15, -0.1) is 0 Å². The maximum absolute atomic E-state index is 12.4. The highest BCUT2D eigenvalue weighted by atomic mass is 35.5. The molecule has 4 rings (SSSR count). The average molecular weight is 437 g/mol. The van der Waals surface area contributed by atoms with Crippen molar-refractivity contribution in [3.05, 3.63) is 51.0 Å². The predicted octanol–water partition coefficient (Wildman–Crippen LogP) is 5.33. The third-order valence-electron chi connectivity index (χ3n) is 4.42. The number of hydrogen-bond acceptors (Lipinski definition) is 5. The van der Waals surface area contributed by atoms with E-state index in [9.17, 15) is 4.79 Å². The van der Waals surface area contributed by atoms with Gasteiger partial charge in [0, 0.05) is 24.7 Å². The molecule has 0 bridgehead atoms. The Kier molecular flexibility index (Phi) is 5.56. The molecule has 2 unspecified atom stereocenters. The van der Waals surface area contributed by atoms with Crippen molar-refractivity contribution in [2.45, 2.75) is 26.1 Å². The number of aliphatic imine (C=N–C) groups is 1. The van der Waals surface area contributed by atoms with Crippen molar-refractivity contribution < 1.29 is 13.9 Å². The second-order valence-electron chi connectivity index (χ2n) is 6.78. The van der Waals surface area contributed by atoms with Crippen LogP contribution in [-0.2, 0) is 9.53 Å². The van der Waals surface area contributed by atoms with Gasteiger partial charge < -0.3 is 14.1 Å². The van der Waals surface area contributed by atoms with Crippen LogP contribution in [0.25, 0.3) is 17.4 Å². The topological polar surface area (TPSA) is 55.0 Å². The summed E-state index contributed by atoms with van der Waals surface area (Å²) in [6.07, 6.45) is 1.91. The minimum absolute atomic E-state index is 0.102. The number of ether oxygens (including phenoxy) is 1. The maximum Gasteiger partial charge on any atom is 0.286 e. The summed E-state index contributed by atoms with van der Waals surface area (Å²) in [6, 6.07) is 8.97. The molecule has 1 saturated heterocycles. The highest BCUT2D eigenvalue weighted by Gasteiger charge is 2.31. The van der Waals surface area contributed by atoms with Crippen molar-refractivity contribution in [3.63, 3.8) is 0 Å². The Hall–Kier alpha value is -1.73. The summed E-state index contributed by atoms with van der Waals surface area (Å²) in [5.74, 6) is 0.888. The van der Waals surface area contributed by atoms with Gasteiger partial charge in [-0.25, -0.2) is 0 Å². The van der Waals surface area contributed by atoms with Gasteiger partial charge in [-0.1, -0.05) is 29.3 Å². The number of thioether (sulfide) groups is 1. The number of halogens is 2. The fourth-order valence-electron chi connectivity index (χ4n) is 3.27. The summed E-state index contributed by atoms with van der Waals surface area (Å²) in [4.78, 5) is 19.2. The van der Waals surface area contributed by atoms with Crippen LogP contribution in [0.15, 0.2) is 44.6 Å². The molecule has 28 heavy (non-hydrogen) atoms. The first-order valence-corrected chi connectivity index (χ1v) is 10.4. The molecule has 8 heteroatoms. The number of morpholine rings is 1. The van der Waals surface area contributed by atoms with E-state index < -0.39 is 0 Å². The van der Waals surface area contributed by atoms with E-state index in [-0.39, 0.29) is 18.1 Å². The molecule has 0 saturated carbocycles. The lowest BCUT2D eigenvalue weighted by Gasteiger charge is -2.35. The van der Waals surface area contributed by atoms with Crippen molar-refractivity contribution in [3.8, 4) is 11.3 Å². The van der Waals surface area contributed by atoms with Crippen molar-refractivity contribution in [1.82, 2.24) is 4.90 Å². The van der Waals surface area contributed by atoms with Crippen LogP contribution in [0.4, 0.5) is 0 Å². The summed E-state index contributed by atoms with van der Waals surface area (Å²) in [5, 5.41) is 1.61. The van der Waals surface area contributed by atoms with Crippen molar-refractivity contribution in [2.75, 3.05) is 13.1 Å². The molecule has 0 N–H and O–H groups in total. The number of amidine groups is 1. The van der Waals surface area contributed by atoms with Gasteiger partial charge in [-0.2, -0.15) is 4.99 Å². The fraction of sp³-hybridized carbons (Fsp3) is 0.300. The SMILES string of the molecule is CC1CN(C2=NC(=O)/C(=C\c3ccc(-c4cccc(Cl)c4Cl)o3)S2)CC(C)O1. The molecule has 1 fully saturated rings. The number of rotatable bonds is 2. The van der Waals surface area contributed by atoms with Gasteiger partial charge in [-0.05, 0) is 49.9 Å². The molecule has 0 radical (unpaired) electrons. The summed E-state index contributed by atoms with van der Waals surface area (Å²) < 4.78 is 11.6. The third kappa shape index (κ3) is 4.01. The zero-order chi connectivity index (χ0) is 19.8. The molecule has 1 aromatic heterocycles. The van der Waals surface area contributed by atoms with Crippen LogP contribution in [0, 0.1) is 0 Å². The summed E-state index contributed by atoms with van der Waals surface area (Å²) in [7, 11) is 0. The first kappa shape index (κ1) is 19.6. The second kappa shape index (κ2) is 7.95. The molecule has 2 aliphatic rings. The molecule has 0 aliphatic carbocycles. The van der Waals surface area contributed by atoms with Gasteiger partial charge in [0.25, 0.3) is 5.91 Å². The Balaban J connectivity index is 1.52. The quantitative estimate of drug-likeness (QED) is 0.595. The number of benzene rings is 1. The zero-order valence-electron chi connectivity index (χ0n) is 15.3. The van der Waals surface area contributed by atoms with Crippen LogP contribution < -0.4 is 0 Å². The Bertz CT molecular complexity index is 976. The summed E-state index contributed by atoms with van der Waals surface area (Å²) in [6.45, 7) is 5.48. The molecule has 1 amide bonds. The Morgan fingerprint density at radius 2 is 1.93 bits per heavy atom. The van der Waals surface area contributed by atoms with Crippen LogP contribution in [0.3, 0.4) is 0 Å². The molecule has 5 nitrogen and oxygen atoms in total.